The van der Waals surface area contributed by atoms with Gasteiger partial charge in [-0.3, -0.25) is 9.69 Å². The monoisotopic (exact) mass is 311 g/mol. The highest BCUT2D eigenvalue weighted by Gasteiger charge is 2.26. The van der Waals surface area contributed by atoms with Gasteiger partial charge in [0.15, 0.2) is 5.03 Å². The van der Waals surface area contributed by atoms with E-state index in [2.05, 4.69) is 10.4 Å². The molecule has 0 amide bonds. The van der Waals surface area contributed by atoms with Crippen molar-refractivity contribution in [2.75, 3.05) is 26.5 Å². The highest BCUT2D eigenvalue weighted by molar-refractivity contribution is 5.80. The topological polar surface area (TPSA) is 113 Å². The number of nitrogens with zero attached hydrogens (tertiary/aromatic N) is 4. The molecule has 2 rings (SSSR count). The Balaban J connectivity index is 2.04. The molecule has 2 heterocycles. The summed E-state index contributed by atoms with van der Waals surface area (Å²) in [4.78, 5) is 25.5. The SMILES string of the molecule is CCOC(=O)CN1CN/C(=N\[N+](=O)[O-])N(Cc2ccco2)C1. The maximum Gasteiger partial charge on any atom is 0.320 e. The van der Waals surface area contributed by atoms with Crippen LogP contribution in [0, 0.1) is 10.1 Å². The number of furan rings is 1. The predicted molar refractivity (Wildman–Crippen MR) is 74.9 cm³/mol. The number of hydrogen-bond donors (Lipinski definition) is 1. The zero-order valence-electron chi connectivity index (χ0n) is 12.1. The van der Waals surface area contributed by atoms with Crippen LogP contribution in [0.1, 0.15) is 12.7 Å². The Labute approximate surface area is 126 Å². The lowest BCUT2D eigenvalue weighted by molar-refractivity contribution is -0.486. The maximum absolute atomic E-state index is 11.5. The normalized spacial score (nSPS) is 17.3. The molecule has 1 aliphatic rings. The molecule has 1 aliphatic heterocycles. The number of guanidine groups is 1. The third-order valence-corrected chi connectivity index (χ3v) is 2.89. The minimum Gasteiger partial charge on any atom is -0.467 e. The van der Waals surface area contributed by atoms with Crippen molar-refractivity contribution in [2.45, 2.75) is 13.5 Å². The van der Waals surface area contributed by atoms with Crippen molar-refractivity contribution in [3.05, 3.63) is 34.3 Å². The molecule has 10 nitrogen and oxygen atoms in total. The van der Waals surface area contributed by atoms with Crippen molar-refractivity contribution in [1.29, 1.82) is 0 Å². The molecule has 0 aliphatic carbocycles. The molecule has 1 saturated heterocycles. The molecule has 0 atom stereocenters. The molecule has 1 N–H and O–H groups in total. The molecular weight excluding hydrogens is 294 g/mol. The molecule has 1 aromatic rings. The number of ether oxygens (including phenoxy) is 1. The number of carbonyl (C=O) groups excluding carboxylic acids is 1. The first kappa shape index (κ1) is 15.8. The molecule has 10 heteroatoms. The smallest absolute Gasteiger partial charge is 0.320 e. The van der Waals surface area contributed by atoms with Crippen LogP contribution in [-0.4, -0.2) is 53.3 Å². The Morgan fingerprint density at radius 3 is 3.09 bits per heavy atom. The van der Waals surface area contributed by atoms with Gasteiger partial charge < -0.3 is 19.4 Å². The minimum atomic E-state index is -0.765. The van der Waals surface area contributed by atoms with Crippen LogP contribution in [0.15, 0.2) is 27.9 Å². The molecular formula is C12H17N5O5. The highest BCUT2D eigenvalue weighted by atomic mass is 16.7. The van der Waals surface area contributed by atoms with Gasteiger partial charge in [-0.15, -0.1) is 0 Å². The van der Waals surface area contributed by atoms with Crippen LogP contribution in [-0.2, 0) is 16.1 Å². The van der Waals surface area contributed by atoms with E-state index < -0.39 is 5.03 Å². The molecule has 0 radical (unpaired) electrons. The summed E-state index contributed by atoms with van der Waals surface area (Å²) in [7, 11) is 0. The Bertz CT molecular complexity index is 544. The minimum absolute atomic E-state index is 0.0846. The lowest BCUT2D eigenvalue weighted by Crippen LogP contribution is -2.57. The molecule has 0 saturated carbocycles. The molecule has 22 heavy (non-hydrogen) atoms. The van der Waals surface area contributed by atoms with Gasteiger partial charge in [0, 0.05) is 0 Å². The average Bonchev–Trinajstić information content (AvgIpc) is 2.94. The summed E-state index contributed by atoms with van der Waals surface area (Å²) in [6.45, 7) is 2.98. The second-order valence-electron chi connectivity index (χ2n) is 4.55. The second-order valence-corrected chi connectivity index (χ2v) is 4.55. The first-order chi connectivity index (χ1) is 10.6. The van der Waals surface area contributed by atoms with Gasteiger partial charge in [0.05, 0.1) is 39.3 Å². The third-order valence-electron chi connectivity index (χ3n) is 2.89. The van der Waals surface area contributed by atoms with Crippen LogP contribution in [0.5, 0.6) is 0 Å². The Kier molecular flexibility index (Phi) is 5.31. The number of hydrogen-bond acceptors (Lipinski definition) is 6. The zero-order valence-corrected chi connectivity index (χ0v) is 12.1. The second kappa shape index (κ2) is 7.41. The number of nitrogens with one attached hydrogen (secondary N) is 1. The van der Waals surface area contributed by atoms with E-state index in [1.807, 2.05) is 0 Å². The fourth-order valence-electron chi connectivity index (χ4n) is 2.04. The van der Waals surface area contributed by atoms with Crippen LogP contribution in [0.3, 0.4) is 0 Å². The number of hydrazone groups is 1. The van der Waals surface area contributed by atoms with E-state index in [1.54, 1.807) is 28.9 Å². The summed E-state index contributed by atoms with van der Waals surface area (Å²) in [6, 6.07) is 3.49. The number of rotatable bonds is 6. The van der Waals surface area contributed by atoms with Gasteiger partial charge in [-0.05, 0) is 19.1 Å². The summed E-state index contributed by atoms with van der Waals surface area (Å²) in [5, 5.41) is 16.0. The molecule has 0 aromatic carbocycles. The fourth-order valence-corrected chi connectivity index (χ4v) is 2.04. The van der Waals surface area contributed by atoms with Gasteiger partial charge in [0.2, 0.25) is 0 Å². The number of esters is 1. The van der Waals surface area contributed by atoms with Gasteiger partial charge in [-0.1, -0.05) is 0 Å². The Hall–Kier alpha value is -2.62. The van der Waals surface area contributed by atoms with E-state index in [1.165, 1.54) is 6.26 Å². The van der Waals surface area contributed by atoms with Crippen LogP contribution < -0.4 is 5.32 Å². The Morgan fingerprint density at radius 2 is 2.45 bits per heavy atom. The van der Waals surface area contributed by atoms with Crippen molar-refractivity contribution in [2.24, 2.45) is 5.10 Å². The van der Waals surface area contributed by atoms with Gasteiger partial charge in [0.1, 0.15) is 10.9 Å². The number of carbonyl (C=O) groups is 1. The molecule has 0 spiro atoms. The summed E-state index contributed by atoms with van der Waals surface area (Å²) in [6.07, 6.45) is 1.52. The summed E-state index contributed by atoms with van der Waals surface area (Å²) < 4.78 is 10.1. The van der Waals surface area contributed by atoms with Crippen molar-refractivity contribution in [3.63, 3.8) is 0 Å². The summed E-state index contributed by atoms with van der Waals surface area (Å²) in [5.74, 6) is 0.411. The molecule has 0 bridgehead atoms. The first-order valence-electron chi connectivity index (χ1n) is 6.70. The van der Waals surface area contributed by atoms with Crippen molar-refractivity contribution < 1.29 is 19.0 Å². The van der Waals surface area contributed by atoms with E-state index in [0.717, 1.165) is 0 Å². The van der Waals surface area contributed by atoms with Gasteiger partial charge in [0.25, 0.3) is 5.96 Å². The lowest BCUT2D eigenvalue weighted by Gasteiger charge is -2.35. The first-order valence-corrected chi connectivity index (χ1v) is 6.70. The quantitative estimate of drug-likeness (QED) is 0.444. The summed E-state index contributed by atoms with van der Waals surface area (Å²) in [5.41, 5.74) is 0. The number of nitro groups is 1. The van der Waals surface area contributed by atoms with Crippen LogP contribution in [0.4, 0.5) is 0 Å². The van der Waals surface area contributed by atoms with Crippen molar-refractivity contribution >= 4 is 11.9 Å². The lowest BCUT2D eigenvalue weighted by atomic mass is 10.4. The molecule has 1 aromatic heterocycles. The van der Waals surface area contributed by atoms with Gasteiger partial charge >= 0.3 is 5.97 Å². The van der Waals surface area contributed by atoms with E-state index in [-0.39, 0.29) is 25.1 Å². The van der Waals surface area contributed by atoms with E-state index in [4.69, 9.17) is 9.15 Å². The molecule has 0 unspecified atom stereocenters. The Morgan fingerprint density at radius 1 is 1.64 bits per heavy atom. The predicted octanol–water partition coefficient (Wildman–Crippen LogP) is 0.0126. The zero-order chi connectivity index (χ0) is 15.9. The van der Waals surface area contributed by atoms with E-state index in [0.29, 0.717) is 25.6 Å². The van der Waals surface area contributed by atoms with Crippen LogP contribution in [0.25, 0.3) is 0 Å². The van der Waals surface area contributed by atoms with Crippen LogP contribution >= 0.6 is 0 Å². The van der Waals surface area contributed by atoms with Gasteiger partial charge in [-0.25, -0.2) is 10.1 Å². The molecule has 1 fully saturated rings. The van der Waals surface area contributed by atoms with Crippen molar-refractivity contribution in [1.82, 2.24) is 15.1 Å². The van der Waals surface area contributed by atoms with Crippen LogP contribution in [0.2, 0.25) is 0 Å². The maximum atomic E-state index is 11.5. The third kappa shape index (κ3) is 4.45. The van der Waals surface area contributed by atoms with Crippen molar-refractivity contribution in [3.8, 4) is 0 Å². The fraction of sp³-hybridized carbons (Fsp3) is 0.500. The van der Waals surface area contributed by atoms with Gasteiger partial charge in [-0.2, -0.15) is 0 Å². The largest absolute Gasteiger partial charge is 0.467 e. The van der Waals surface area contributed by atoms with E-state index in [9.17, 15) is 14.9 Å². The summed E-state index contributed by atoms with van der Waals surface area (Å²) >= 11 is 0. The standard InChI is InChI=1S/C12H17N5O5/c1-2-21-11(18)7-15-8-13-12(14-17(19)20)16(9-15)6-10-4-3-5-22-10/h3-5H,2,6-9H2,1H3,(H,13,14). The highest BCUT2D eigenvalue weighted by Crippen LogP contribution is 2.09. The van der Waals surface area contributed by atoms with E-state index >= 15 is 0 Å². The average molecular weight is 311 g/mol. The molecule has 120 valence electrons.